The van der Waals surface area contributed by atoms with Crippen LogP contribution in [0.4, 0.5) is 13.2 Å². The van der Waals surface area contributed by atoms with Crippen molar-refractivity contribution in [3.63, 3.8) is 0 Å². The van der Waals surface area contributed by atoms with Gasteiger partial charge in [-0.05, 0) is 13.3 Å². The maximum absolute atomic E-state index is 11.8. The number of amides is 2. The molecule has 104 valence electrons. The summed E-state index contributed by atoms with van der Waals surface area (Å²) in [5.74, 6) is -0.916. The average Bonchev–Trinajstić information content (AvgIpc) is 2.40. The summed E-state index contributed by atoms with van der Waals surface area (Å²) >= 11 is 0. The van der Waals surface area contributed by atoms with Crippen LogP contribution in [-0.2, 0) is 14.3 Å². The molecule has 0 aromatic carbocycles. The predicted molar refractivity (Wildman–Crippen MR) is 55.7 cm³/mol. The zero-order valence-corrected chi connectivity index (χ0v) is 9.92. The van der Waals surface area contributed by atoms with Crippen LogP contribution >= 0.6 is 0 Å². The Labute approximate surface area is 102 Å². The van der Waals surface area contributed by atoms with Gasteiger partial charge >= 0.3 is 6.18 Å². The van der Waals surface area contributed by atoms with Gasteiger partial charge in [0, 0.05) is 13.1 Å². The second kappa shape index (κ2) is 6.03. The summed E-state index contributed by atoms with van der Waals surface area (Å²) in [4.78, 5) is 24.3. The van der Waals surface area contributed by atoms with Gasteiger partial charge in [0.05, 0.1) is 0 Å². The summed E-state index contributed by atoms with van der Waals surface area (Å²) in [7, 11) is 0. The smallest absolute Gasteiger partial charge is 0.362 e. The summed E-state index contributed by atoms with van der Waals surface area (Å²) in [5.41, 5.74) is 0. The third kappa shape index (κ3) is 4.52. The number of ether oxygens (including phenoxy) is 1. The number of halogens is 3. The third-order valence-electron chi connectivity index (χ3n) is 2.53. The fourth-order valence-corrected chi connectivity index (χ4v) is 1.62. The molecule has 5 nitrogen and oxygen atoms in total. The fourth-order valence-electron chi connectivity index (χ4n) is 1.62. The number of carbonyl (C=O) groups excluding carboxylic acids is 2. The fraction of sp³-hybridized carbons (Fsp3) is 0.800. The first-order chi connectivity index (χ1) is 8.31. The van der Waals surface area contributed by atoms with Crippen LogP contribution in [0.25, 0.3) is 0 Å². The molecule has 1 aliphatic rings. The number of hydrogen-bond acceptors (Lipinski definition) is 3. The van der Waals surface area contributed by atoms with E-state index in [0.717, 1.165) is 0 Å². The lowest BCUT2D eigenvalue weighted by Crippen LogP contribution is -2.46. The highest BCUT2D eigenvalue weighted by Gasteiger charge is 2.30. The Kier molecular flexibility index (Phi) is 4.94. The van der Waals surface area contributed by atoms with Gasteiger partial charge in [-0.1, -0.05) is 0 Å². The van der Waals surface area contributed by atoms with E-state index >= 15 is 0 Å². The first-order valence-corrected chi connectivity index (χ1v) is 5.53. The van der Waals surface area contributed by atoms with Gasteiger partial charge in [-0.2, -0.15) is 13.2 Å². The average molecular weight is 268 g/mol. The van der Waals surface area contributed by atoms with Crippen LogP contribution in [0.1, 0.15) is 13.3 Å². The molecule has 1 atom stereocenters. The van der Waals surface area contributed by atoms with Crippen LogP contribution in [0.15, 0.2) is 0 Å². The molecule has 0 aromatic rings. The molecule has 1 saturated heterocycles. The number of nitrogens with zero attached hydrogens (tertiary/aromatic N) is 1. The second-order valence-corrected chi connectivity index (χ2v) is 4.02. The highest BCUT2D eigenvalue weighted by atomic mass is 19.4. The van der Waals surface area contributed by atoms with E-state index in [9.17, 15) is 22.8 Å². The van der Waals surface area contributed by atoms with Crippen molar-refractivity contribution in [3.05, 3.63) is 0 Å². The summed E-state index contributed by atoms with van der Waals surface area (Å²) in [6.45, 7) is 0.178. The number of alkyl halides is 3. The van der Waals surface area contributed by atoms with Crippen molar-refractivity contribution in [2.45, 2.75) is 25.6 Å². The van der Waals surface area contributed by atoms with Crippen molar-refractivity contribution < 1.29 is 27.5 Å². The van der Waals surface area contributed by atoms with Gasteiger partial charge in [-0.25, -0.2) is 0 Å². The zero-order valence-electron chi connectivity index (χ0n) is 9.92. The van der Waals surface area contributed by atoms with Gasteiger partial charge in [0.2, 0.25) is 11.8 Å². The largest absolute Gasteiger partial charge is 0.411 e. The van der Waals surface area contributed by atoms with Crippen LogP contribution in [0.5, 0.6) is 0 Å². The standard InChI is InChI=1S/C10H15F3N2O3/c1-7-9(17)14-3-2-4-15(7)8(16)5-18-6-10(11,12)13/h7H,2-6H2,1H3,(H,14,17). The highest BCUT2D eigenvalue weighted by Crippen LogP contribution is 2.14. The van der Waals surface area contributed by atoms with E-state index < -0.39 is 31.3 Å². The minimum Gasteiger partial charge on any atom is -0.362 e. The van der Waals surface area contributed by atoms with Gasteiger partial charge < -0.3 is 15.0 Å². The monoisotopic (exact) mass is 268 g/mol. The molecular formula is C10H15F3N2O3. The first-order valence-electron chi connectivity index (χ1n) is 5.53. The van der Waals surface area contributed by atoms with Crippen LogP contribution in [0.2, 0.25) is 0 Å². The molecule has 0 radical (unpaired) electrons. The first kappa shape index (κ1) is 14.7. The number of nitrogens with one attached hydrogen (secondary N) is 1. The minimum atomic E-state index is -4.46. The van der Waals surface area contributed by atoms with E-state index in [1.165, 1.54) is 11.8 Å². The predicted octanol–water partition coefficient (Wildman–Crippen LogP) is 0.302. The zero-order chi connectivity index (χ0) is 13.8. The van der Waals surface area contributed by atoms with E-state index in [2.05, 4.69) is 10.1 Å². The Morgan fingerprint density at radius 3 is 2.83 bits per heavy atom. The quantitative estimate of drug-likeness (QED) is 0.801. The number of rotatable bonds is 3. The number of carbonyl (C=O) groups is 2. The topological polar surface area (TPSA) is 58.6 Å². The van der Waals surface area contributed by atoms with Crippen molar-refractivity contribution >= 4 is 11.8 Å². The van der Waals surface area contributed by atoms with E-state index in [4.69, 9.17) is 0 Å². The second-order valence-electron chi connectivity index (χ2n) is 4.02. The van der Waals surface area contributed by atoms with Gasteiger partial charge in [-0.3, -0.25) is 9.59 Å². The third-order valence-corrected chi connectivity index (χ3v) is 2.53. The Morgan fingerprint density at radius 1 is 1.56 bits per heavy atom. The summed E-state index contributed by atoms with van der Waals surface area (Å²) in [5, 5.41) is 2.61. The summed E-state index contributed by atoms with van der Waals surface area (Å²) in [6.07, 6.45) is -3.89. The summed E-state index contributed by atoms with van der Waals surface area (Å²) < 4.78 is 39.8. The lowest BCUT2D eigenvalue weighted by atomic mass is 10.2. The number of hydrogen-bond donors (Lipinski definition) is 1. The van der Waals surface area contributed by atoms with Gasteiger partial charge in [0.1, 0.15) is 19.3 Å². The molecule has 0 aliphatic carbocycles. The van der Waals surface area contributed by atoms with Gasteiger partial charge in [0.15, 0.2) is 0 Å². The SMILES string of the molecule is CC1C(=O)NCCCN1C(=O)COCC(F)(F)F. The van der Waals surface area contributed by atoms with E-state index in [0.29, 0.717) is 19.5 Å². The van der Waals surface area contributed by atoms with E-state index in [1.54, 1.807) is 0 Å². The molecule has 0 saturated carbocycles. The van der Waals surface area contributed by atoms with Crippen molar-refractivity contribution in [3.8, 4) is 0 Å². The molecule has 1 aliphatic heterocycles. The lowest BCUT2D eigenvalue weighted by Gasteiger charge is -2.25. The summed E-state index contributed by atoms with van der Waals surface area (Å²) in [6, 6.07) is -0.686. The molecule has 0 bridgehead atoms. The van der Waals surface area contributed by atoms with Gasteiger partial charge in [0.25, 0.3) is 0 Å². The normalized spacial score (nSPS) is 21.4. The maximum Gasteiger partial charge on any atom is 0.411 e. The molecule has 1 unspecified atom stereocenters. The Hall–Kier alpha value is -1.31. The van der Waals surface area contributed by atoms with E-state index in [1.807, 2.05) is 0 Å². The molecule has 18 heavy (non-hydrogen) atoms. The molecule has 2 amide bonds. The molecule has 1 rings (SSSR count). The molecule has 1 heterocycles. The molecular weight excluding hydrogens is 253 g/mol. The highest BCUT2D eigenvalue weighted by molar-refractivity contribution is 5.88. The Bertz CT molecular complexity index is 320. The molecule has 0 spiro atoms. The molecule has 1 N–H and O–H groups in total. The lowest BCUT2D eigenvalue weighted by molar-refractivity contribution is -0.178. The van der Waals surface area contributed by atoms with Crippen LogP contribution < -0.4 is 5.32 Å². The van der Waals surface area contributed by atoms with Crippen molar-refractivity contribution in [1.29, 1.82) is 0 Å². The Morgan fingerprint density at radius 2 is 2.22 bits per heavy atom. The molecule has 1 fully saturated rings. The molecule has 8 heteroatoms. The van der Waals surface area contributed by atoms with Crippen molar-refractivity contribution in [2.75, 3.05) is 26.3 Å². The van der Waals surface area contributed by atoms with Crippen molar-refractivity contribution in [2.24, 2.45) is 0 Å². The Balaban J connectivity index is 2.46. The van der Waals surface area contributed by atoms with E-state index in [-0.39, 0.29) is 5.91 Å². The van der Waals surface area contributed by atoms with Crippen molar-refractivity contribution in [1.82, 2.24) is 10.2 Å². The van der Waals surface area contributed by atoms with Gasteiger partial charge in [-0.15, -0.1) is 0 Å². The molecule has 0 aromatic heterocycles. The van der Waals surface area contributed by atoms with Crippen LogP contribution in [0.3, 0.4) is 0 Å². The minimum absolute atomic E-state index is 0.309. The van der Waals surface area contributed by atoms with Crippen LogP contribution in [-0.4, -0.2) is 55.2 Å². The van der Waals surface area contributed by atoms with Crippen LogP contribution in [0, 0.1) is 0 Å². The maximum atomic E-state index is 11.8.